The molecule has 1 aromatic rings. The lowest BCUT2D eigenvalue weighted by molar-refractivity contribution is -0.141. The van der Waals surface area contributed by atoms with Crippen LogP contribution in [-0.2, 0) is 9.59 Å². The van der Waals surface area contributed by atoms with Crippen LogP contribution in [0.4, 0.5) is 5.69 Å². The van der Waals surface area contributed by atoms with E-state index < -0.39 is 23.9 Å². The summed E-state index contributed by atoms with van der Waals surface area (Å²) in [5.74, 6) is -3.06. The Labute approximate surface area is 144 Å². The number of benzene rings is 1. The molecule has 0 aliphatic rings. The van der Waals surface area contributed by atoms with E-state index in [2.05, 4.69) is 10.6 Å². The van der Waals surface area contributed by atoms with Crippen LogP contribution >= 0.6 is 0 Å². The van der Waals surface area contributed by atoms with Crippen LogP contribution in [0.2, 0.25) is 0 Å². The van der Waals surface area contributed by atoms with Crippen molar-refractivity contribution in [3.8, 4) is 6.07 Å². The summed E-state index contributed by atoms with van der Waals surface area (Å²) in [5, 5.41) is 32.1. The van der Waals surface area contributed by atoms with Gasteiger partial charge in [-0.1, -0.05) is 19.9 Å². The molecule has 0 aromatic heterocycles. The first-order valence-electron chi connectivity index (χ1n) is 7.48. The summed E-state index contributed by atoms with van der Waals surface area (Å²) < 4.78 is 0. The number of amides is 1. The molecule has 132 valence electrons. The van der Waals surface area contributed by atoms with E-state index in [0.717, 1.165) is 6.20 Å². The highest BCUT2D eigenvalue weighted by Gasteiger charge is 2.22. The maximum absolute atomic E-state index is 12.1. The smallest absolute Gasteiger partial charge is 0.335 e. The summed E-state index contributed by atoms with van der Waals surface area (Å²) in [7, 11) is 0. The molecule has 1 rings (SSSR count). The first-order valence-corrected chi connectivity index (χ1v) is 7.48. The second-order valence-corrected chi connectivity index (χ2v) is 5.69. The fourth-order valence-corrected chi connectivity index (χ4v) is 1.97. The van der Waals surface area contributed by atoms with Crippen molar-refractivity contribution < 1.29 is 24.6 Å². The molecular weight excluding hydrogens is 326 g/mol. The van der Waals surface area contributed by atoms with Crippen LogP contribution in [0.25, 0.3) is 0 Å². The fourth-order valence-electron chi connectivity index (χ4n) is 1.97. The molecule has 1 aromatic carbocycles. The van der Waals surface area contributed by atoms with Gasteiger partial charge in [0, 0.05) is 11.9 Å². The molecule has 8 heteroatoms. The standard InChI is InChI=1S/C17H19N3O5/c1-10(2)6-14(17(24)25)20-15(21)12(8-18)9-19-13-5-3-4-11(7-13)16(22)23/h3-5,7,9-10,14,19H,6H2,1-2H3,(H,20,21)(H,22,23)(H,24,25)/b12-9-. The molecule has 0 aliphatic carbocycles. The van der Waals surface area contributed by atoms with Gasteiger partial charge in [-0.25, -0.2) is 9.59 Å². The third-order valence-corrected chi connectivity index (χ3v) is 3.17. The number of nitrogens with zero attached hydrogens (tertiary/aromatic N) is 1. The van der Waals surface area contributed by atoms with Crippen LogP contribution in [0.3, 0.4) is 0 Å². The lowest BCUT2D eigenvalue weighted by atomic mass is 10.0. The molecule has 1 amide bonds. The van der Waals surface area contributed by atoms with Crippen molar-refractivity contribution >= 4 is 23.5 Å². The van der Waals surface area contributed by atoms with Crippen molar-refractivity contribution in [2.75, 3.05) is 5.32 Å². The Morgan fingerprint density at radius 3 is 2.48 bits per heavy atom. The van der Waals surface area contributed by atoms with Gasteiger partial charge >= 0.3 is 11.9 Å². The topological polar surface area (TPSA) is 140 Å². The normalized spacial score (nSPS) is 12.2. The van der Waals surface area contributed by atoms with Gasteiger partial charge in [-0.15, -0.1) is 0 Å². The first-order chi connectivity index (χ1) is 11.7. The van der Waals surface area contributed by atoms with Gasteiger partial charge in [0.25, 0.3) is 5.91 Å². The fraction of sp³-hybridized carbons (Fsp3) is 0.294. The molecule has 0 bridgehead atoms. The average Bonchev–Trinajstić information content (AvgIpc) is 2.54. The SMILES string of the molecule is CC(C)CC(NC(=O)/C(C#N)=C\Nc1cccc(C(=O)O)c1)C(=O)O. The lowest BCUT2D eigenvalue weighted by Gasteiger charge is -2.16. The number of carboxylic acids is 2. The zero-order valence-corrected chi connectivity index (χ0v) is 13.8. The number of hydrogen-bond acceptors (Lipinski definition) is 5. The number of nitriles is 1. The number of carboxylic acid groups (broad SMARTS) is 2. The Morgan fingerprint density at radius 2 is 1.96 bits per heavy atom. The zero-order chi connectivity index (χ0) is 19.0. The number of anilines is 1. The predicted octanol–water partition coefficient (Wildman–Crippen LogP) is 1.82. The Balaban J connectivity index is 2.86. The first kappa shape index (κ1) is 19.7. The van der Waals surface area contributed by atoms with Gasteiger partial charge in [0.15, 0.2) is 0 Å². The van der Waals surface area contributed by atoms with E-state index in [9.17, 15) is 14.4 Å². The molecule has 0 spiro atoms. The second kappa shape index (κ2) is 9.08. The summed E-state index contributed by atoms with van der Waals surface area (Å²) in [6, 6.07) is 6.40. The zero-order valence-electron chi connectivity index (χ0n) is 13.8. The molecule has 0 fully saturated rings. The molecule has 4 N–H and O–H groups in total. The number of carbonyl (C=O) groups is 3. The van der Waals surface area contributed by atoms with Gasteiger partial charge < -0.3 is 20.8 Å². The van der Waals surface area contributed by atoms with Crippen LogP contribution in [-0.4, -0.2) is 34.1 Å². The van der Waals surface area contributed by atoms with Gasteiger partial charge in [-0.3, -0.25) is 4.79 Å². The summed E-state index contributed by atoms with van der Waals surface area (Å²) in [4.78, 5) is 34.2. The van der Waals surface area contributed by atoms with E-state index in [4.69, 9.17) is 15.5 Å². The molecule has 0 radical (unpaired) electrons. The predicted molar refractivity (Wildman–Crippen MR) is 89.7 cm³/mol. The number of carbonyl (C=O) groups excluding carboxylic acids is 1. The molecule has 0 aliphatic heterocycles. The number of aromatic carboxylic acids is 1. The van der Waals surface area contributed by atoms with Crippen molar-refractivity contribution in [2.24, 2.45) is 5.92 Å². The number of hydrogen-bond donors (Lipinski definition) is 4. The Morgan fingerprint density at radius 1 is 1.28 bits per heavy atom. The van der Waals surface area contributed by atoms with Gasteiger partial charge in [0.1, 0.15) is 17.7 Å². The van der Waals surface area contributed by atoms with Crippen LogP contribution < -0.4 is 10.6 Å². The van der Waals surface area contributed by atoms with E-state index in [-0.39, 0.29) is 23.5 Å². The maximum Gasteiger partial charge on any atom is 0.335 e. The summed E-state index contributed by atoms with van der Waals surface area (Å²) in [6.07, 6.45) is 1.33. The third-order valence-electron chi connectivity index (χ3n) is 3.17. The van der Waals surface area contributed by atoms with Crippen LogP contribution in [0, 0.1) is 17.2 Å². The monoisotopic (exact) mass is 345 g/mol. The van der Waals surface area contributed by atoms with E-state index in [1.165, 1.54) is 18.2 Å². The highest BCUT2D eigenvalue weighted by Crippen LogP contribution is 2.11. The number of aliphatic carboxylic acids is 1. The molecule has 0 saturated heterocycles. The Hall–Kier alpha value is -3.34. The molecule has 1 atom stereocenters. The minimum Gasteiger partial charge on any atom is -0.480 e. The maximum atomic E-state index is 12.1. The number of rotatable bonds is 8. The number of nitrogens with one attached hydrogen (secondary N) is 2. The van der Waals surface area contributed by atoms with E-state index in [0.29, 0.717) is 5.69 Å². The molecular formula is C17H19N3O5. The highest BCUT2D eigenvalue weighted by molar-refractivity contribution is 5.99. The van der Waals surface area contributed by atoms with Crippen molar-refractivity contribution in [2.45, 2.75) is 26.3 Å². The van der Waals surface area contributed by atoms with Crippen molar-refractivity contribution in [1.82, 2.24) is 5.32 Å². The Bertz CT molecular complexity index is 734. The van der Waals surface area contributed by atoms with Gasteiger partial charge in [-0.05, 0) is 30.5 Å². The van der Waals surface area contributed by atoms with Gasteiger partial charge in [0.05, 0.1) is 5.56 Å². The molecule has 0 heterocycles. The molecule has 25 heavy (non-hydrogen) atoms. The van der Waals surface area contributed by atoms with E-state index in [1.54, 1.807) is 12.1 Å². The summed E-state index contributed by atoms with van der Waals surface area (Å²) in [6.45, 7) is 3.64. The lowest BCUT2D eigenvalue weighted by Crippen LogP contribution is -2.42. The summed E-state index contributed by atoms with van der Waals surface area (Å²) in [5.41, 5.74) is 0.0948. The molecule has 1 unspecified atom stereocenters. The molecule has 0 saturated carbocycles. The van der Waals surface area contributed by atoms with Crippen LogP contribution in [0.15, 0.2) is 36.0 Å². The van der Waals surface area contributed by atoms with E-state index >= 15 is 0 Å². The summed E-state index contributed by atoms with van der Waals surface area (Å²) >= 11 is 0. The average molecular weight is 345 g/mol. The third kappa shape index (κ3) is 6.35. The van der Waals surface area contributed by atoms with Crippen molar-refractivity contribution in [1.29, 1.82) is 5.26 Å². The quantitative estimate of drug-likeness (QED) is 0.416. The van der Waals surface area contributed by atoms with Gasteiger partial charge in [-0.2, -0.15) is 5.26 Å². The van der Waals surface area contributed by atoms with E-state index in [1.807, 2.05) is 13.8 Å². The van der Waals surface area contributed by atoms with Gasteiger partial charge in [0.2, 0.25) is 0 Å². The van der Waals surface area contributed by atoms with Crippen molar-refractivity contribution in [3.05, 3.63) is 41.6 Å². The minimum absolute atomic E-state index is 0.0456. The minimum atomic E-state index is -1.18. The van der Waals surface area contributed by atoms with Crippen molar-refractivity contribution in [3.63, 3.8) is 0 Å². The van der Waals surface area contributed by atoms with Crippen LogP contribution in [0.1, 0.15) is 30.6 Å². The highest BCUT2D eigenvalue weighted by atomic mass is 16.4. The second-order valence-electron chi connectivity index (χ2n) is 5.69. The largest absolute Gasteiger partial charge is 0.480 e. The Kier molecular flexibility index (Phi) is 7.16. The molecule has 8 nitrogen and oxygen atoms in total. The van der Waals surface area contributed by atoms with Crippen LogP contribution in [0.5, 0.6) is 0 Å².